The van der Waals surface area contributed by atoms with Gasteiger partial charge in [-0.3, -0.25) is 9.69 Å². The van der Waals surface area contributed by atoms with Crippen molar-refractivity contribution in [3.63, 3.8) is 0 Å². The highest BCUT2D eigenvalue weighted by atomic mass is 16.3. The third-order valence-electron chi connectivity index (χ3n) is 3.45. The monoisotopic (exact) mass is 278 g/mol. The molecule has 0 saturated heterocycles. The lowest BCUT2D eigenvalue weighted by Crippen LogP contribution is -2.34. The Morgan fingerprint density at radius 1 is 1.35 bits per heavy atom. The van der Waals surface area contributed by atoms with Gasteiger partial charge in [0.25, 0.3) is 0 Å². The third kappa shape index (κ3) is 4.94. The smallest absolute Gasteiger partial charge is 0.238 e. The normalized spacial score (nSPS) is 10.8. The van der Waals surface area contributed by atoms with Gasteiger partial charge in [0.15, 0.2) is 0 Å². The van der Waals surface area contributed by atoms with Crippen molar-refractivity contribution in [2.75, 3.05) is 31.6 Å². The Morgan fingerprint density at radius 2 is 2.10 bits per heavy atom. The van der Waals surface area contributed by atoms with Crippen molar-refractivity contribution in [1.82, 2.24) is 4.90 Å². The Hall–Kier alpha value is -1.39. The first-order valence-electron chi connectivity index (χ1n) is 7.33. The van der Waals surface area contributed by atoms with Gasteiger partial charge >= 0.3 is 0 Å². The van der Waals surface area contributed by atoms with Crippen LogP contribution in [0, 0.1) is 6.92 Å². The van der Waals surface area contributed by atoms with Gasteiger partial charge in [-0.1, -0.05) is 32.0 Å². The van der Waals surface area contributed by atoms with Crippen LogP contribution in [0.15, 0.2) is 18.2 Å². The molecule has 4 heteroatoms. The second kappa shape index (κ2) is 8.72. The number of nitrogens with one attached hydrogen (secondary N) is 1. The average Bonchev–Trinajstić information content (AvgIpc) is 2.45. The Morgan fingerprint density at radius 3 is 2.70 bits per heavy atom. The molecule has 1 amide bonds. The fourth-order valence-corrected chi connectivity index (χ4v) is 2.23. The van der Waals surface area contributed by atoms with Gasteiger partial charge in [-0.25, -0.2) is 0 Å². The number of rotatable bonds is 8. The molecule has 0 aliphatic heterocycles. The number of benzene rings is 1. The van der Waals surface area contributed by atoms with E-state index in [1.165, 1.54) is 0 Å². The van der Waals surface area contributed by atoms with Crippen molar-refractivity contribution in [1.29, 1.82) is 0 Å². The van der Waals surface area contributed by atoms with Crippen LogP contribution in [-0.2, 0) is 11.2 Å². The highest BCUT2D eigenvalue weighted by Crippen LogP contribution is 2.20. The summed E-state index contributed by atoms with van der Waals surface area (Å²) >= 11 is 0. The van der Waals surface area contributed by atoms with E-state index in [9.17, 15) is 4.79 Å². The molecule has 0 aliphatic rings. The second-order valence-corrected chi connectivity index (χ2v) is 4.96. The first-order valence-corrected chi connectivity index (χ1v) is 7.33. The summed E-state index contributed by atoms with van der Waals surface area (Å²) < 4.78 is 0. The Bertz CT molecular complexity index is 432. The van der Waals surface area contributed by atoms with Crippen molar-refractivity contribution < 1.29 is 9.90 Å². The van der Waals surface area contributed by atoms with E-state index in [0.717, 1.165) is 36.3 Å². The minimum absolute atomic E-state index is 0.00814. The van der Waals surface area contributed by atoms with Crippen LogP contribution in [0.3, 0.4) is 0 Å². The summed E-state index contributed by atoms with van der Waals surface area (Å²) in [6.45, 7) is 8.21. The molecule has 0 radical (unpaired) electrons. The van der Waals surface area contributed by atoms with Crippen LogP contribution in [0.2, 0.25) is 0 Å². The van der Waals surface area contributed by atoms with Gasteiger partial charge in [0.1, 0.15) is 0 Å². The lowest BCUT2D eigenvalue weighted by Gasteiger charge is -2.20. The number of aryl methyl sites for hydroxylation is 2. The Labute approximate surface area is 121 Å². The molecular weight excluding hydrogens is 252 g/mol. The molecule has 0 spiro atoms. The highest BCUT2D eigenvalue weighted by molar-refractivity contribution is 5.93. The molecule has 1 aromatic rings. The van der Waals surface area contributed by atoms with Crippen molar-refractivity contribution >= 4 is 11.6 Å². The second-order valence-electron chi connectivity index (χ2n) is 4.96. The molecule has 0 atom stereocenters. The van der Waals surface area contributed by atoms with E-state index < -0.39 is 0 Å². The fourth-order valence-electron chi connectivity index (χ4n) is 2.23. The number of carbonyl (C=O) groups is 1. The van der Waals surface area contributed by atoms with Gasteiger partial charge in [-0.15, -0.1) is 0 Å². The first-order chi connectivity index (χ1) is 9.62. The summed E-state index contributed by atoms with van der Waals surface area (Å²) in [7, 11) is 0. The Balaban J connectivity index is 2.66. The average molecular weight is 278 g/mol. The molecule has 0 fully saturated rings. The number of hydrogen-bond donors (Lipinski definition) is 2. The van der Waals surface area contributed by atoms with E-state index >= 15 is 0 Å². The van der Waals surface area contributed by atoms with Gasteiger partial charge in [-0.2, -0.15) is 0 Å². The van der Waals surface area contributed by atoms with Crippen LogP contribution in [0.25, 0.3) is 0 Å². The highest BCUT2D eigenvalue weighted by Gasteiger charge is 2.11. The number of aliphatic hydroxyl groups excluding tert-OH is 1. The van der Waals surface area contributed by atoms with E-state index in [-0.39, 0.29) is 12.5 Å². The third-order valence-corrected chi connectivity index (χ3v) is 3.45. The van der Waals surface area contributed by atoms with Gasteiger partial charge in [0.2, 0.25) is 5.91 Å². The molecule has 1 aromatic carbocycles. The number of likely N-dealkylation sites (N-methyl/N-ethyl adjacent to an activating group) is 1. The summed E-state index contributed by atoms with van der Waals surface area (Å²) in [5.74, 6) is 0.00814. The van der Waals surface area contributed by atoms with E-state index in [0.29, 0.717) is 13.0 Å². The summed E-state index contributed by atoms with van der Waals surface area (Å²) in [6, 6.07) is 6.08. The maximum Gasteiger partial charge on any atom is 0.238 e. The maximum atomic E-state index is 12.2. The molecule has 0 aromatic heterocycles. The molecule has 0 saturated carbocycles. The van der Waals surface area contributed by atoms with Crippen LogP contribution in [0.1, 0.15) is 31.4 Å². The summed E-state index contributed by atoms with van der Waals surface area (Å²) in [5, 5.41) is 11.9. The molecule has 0 aliphatic carbocycles. The van der Waals surface area contributed by atoms with E-state index in [1.54, 1.807) is 0 Å². The predicted octanol–water partition coefficient (Wildman–Crippen LogP) is 2.20. The summed E-state index contributed by atoms with van der Waals surface area (Å²) in [4.78, 5) is 14.2. The minimum Gasteiger partial charge on any atom is -0.396 e. The SMILES string of the molecule is CCc1cccc(C)c1NC(=O)CN(CC)CCCO. The summed E-state index contributed by atoms with van der Waals surface area (Å²) in [5.41, 5.74) is 3.20. The zero-order chi connectivity index (χ0) is 15.0. The lowest BCUT2D eigenvalue weighted by atomic mass is 10.1. The predicted molar refractivity (Wildman–Crippen MR) is 83.0 cm³/mol. The van der Waals surface area contributed by atoms with E-state index in [4.69, 9.17) is 5.11 Å². The number of amides is 1. The van der Waals surface area contributed by atoms with E-state index in [1.807, 2.05) is 36.9 Å². The van der Waals surface area contributed by atoms with Gasteiger partial charge < -0.3 is 10.4 Å². The van der Waals surface area contributed by atoms with Gasteiger partial charge in [0, 0.05) is 18.8 Å². The summed E-state index contributed by atoms with van der Waals surface area (Å²) in [6.07, 6.45) is 1.60. The molecule has 112 valence electrons. The van der Waals surface area contributed by atoms with Crippen LogP contribution >= 0.6 is 0 Å². The largest absolute Gasteiger partial charge is 0.396 e. The molecule has 1 rings (SSSR count). The number of hydrogen-bond acceptors (Lipinski definition) is 3. The van der Waals surface area contributed by atoms with Crippen molar-refractivity contribution in [3.8, 4) is 0 Å². The van der Waals surface area contributed by atoms with Crippen LogP contribution < -0.4 is 5.32 Å². The zero-order valence-corrected chi connectivity index (χ0v) is 12.8. The molecule has 0 bridgehead atoms. The number of aliphatic hydroxyl groups is 1. The number of para-hydroxylation sites is 1. The first kappa shape index (κ1) is 16.7. The number of carbonyl (C=O) groups excluding carboxylic acids is 1. The quantitative estimate of drug-likeness (QED) is 0.766. The topological polar surface area (TPSA) is 52.6 Å². The zero-order valence-electron chi connectivity index (χ0n) is 12.8. The molecule has 0 unspecified atom stereocenters. The van der Waals surface area contributed by atoms with Crippen LogP contribution in [0.5, 0.6) is 0 Å². The molecule has 0 heterocycles. The molecule has 20 heavy (non-hydrogen) atoms. The fraction of sp³-hybridized carbons (Fsp3) is 0.562. The van der Waals surface area contributed by atoms with Gasteiger partial charge in [-0.05, 0) is 37.4 Å². The van der Waals surface area contributed by atoms with Crippen LogP contribution in [-0.4, -0.2) is 42.2 Å². The maximum absolute atomic E-state index is 12.2. The van der Waals surface area contributed by atoms with Crippen LogP contribution in [0.4, 0.5) is 5.69 Å². The lowest BCUT2D eigenvalue weighted by molar-refractivity contribution is -0.117. The molecular formula is C16H26N2O2. The number of anilines is 1. The van der Waals surface area contributed by atoms with E-state index in [2.05, 4.69) is 12.2 Å². The Kier molecular flexibility index (Phi) is 7.26. The van der Waals surface area contributed by atoms with Gasteiger partial charge in [0.05, 0.1) is 6.54 Å². The van der Waals surface area contributed by atoms with Crippen molar-refractivity contribution in [2.45, 2.75) is 33.6 Å². The molecule has 2 N–H and O–H groups in total. The standard InChI is InChI=1S/C16H26N2O2/c1-4-14-9-6-8-13(3)16(14)17-15(20)12-18(5-2)10-7-11-19/h6,8-9,19H,4-5,7,10-12H2,1-3H3,(H,17,20). The minimum atomic E-state index is 0.00814. The van der Waals surface area contributed by atoms with Crippen molar-refractivity contribution in [2.24, 2.45) is 0 Å². The number of nitrogens with zero attached hydrogens (tertiary/aromatic N) is 1. The molecule has 4 nitrogen and oxygen atoms in total. The van der Waals surface area contributed by atoms with Crippen molar-refractivity contribution in [3.05, 3.63) is 29.3 Å².